The van der Waals surface area contributed by atoms with Crippen LogP contribution in [0.25, 0.3) is 0 Å². The molecule has 96 valence electrons. The highest BCUT2D eigenvalue weighted by molar-refractivity contribution is 7.92. The Labute approximate surface area is 109 Å². The molecule has 1 aromatic heterocycles. The summed E-state index contributed by atoms with van der Waals surface area (Å²) in [5, 5.41) is 3.56. The second kappa shape index (κ2) is 4.87. The highest BCUT2D eigenvalue weighted by Crippen LogP contribution is 2.18. The number of anilines is 2. The summed E-state index contributed by atoms with van der Waals surface area (Å²) in [6.45, 7) is 1.67. The number of halogens is 1. The number of aryl methyl sites for hydroxylation is 1. The Morgan fingerprint density at radius 2 is 1.94 bits per heavy atom. The number of rotatable bonds is 4. The van der Waals surface area contributed by atoms with Crippen molar-refractivity contribution in [3.05, 3.63) is 36.1 Å². The molecule has 6 nitrogen and oxygen atoms in total. The van der Waals surface area contributed by atoms with Gasteiger partial charge in [-0.3, -0.25) is 9.56 Å². The number of benzene rings is 1. The molecule has 0 unspecified atom stereocenters. The van der Waals surface area contributed by atoms with E-state index in [2.05, 4.69) is 14.7 Å². The zero-order valence-corrected chi connectivity index (χ0v) is 10.9. The van der Waals surface area contributed by atoms with Gasteiger partial charge in [0.05, 0.1) is 4.90 Å². The monoisotopic (exact) mass is 287 g/mol. The number of hydrogen-bond donors (Lipinski definition) is 2. The summed E-state index contributed by atoms with van der Waals surface area (Å²) in [4.78, 5) is 2.50. The van der Waals surface area contributed by atoms with E-state index in [1.807, 2.05) is 0 Å². The van der Waals surface area contributed by atoms with E-state index in [-0.39, 0.29) is 10.7 Å². The number of nitrogens with one attached hydrogen (secondary N) is 2. The third-order valence-corrected chi connectivity index (χ3v) is 3.73. The third-order valence-electron chi connectivity index (χ3n) is 2.14. The van der Waals surface area contributed by atoms with E-state index >= 15 is 0 Å². The molecule has 0 bridgehead atoms. The van der Waals surface area contributed by atoms with Crippen LogP contribution in [0.1, 0.15) is 5.76 Å². The molecule has 18 heavy (non-hydrogen) atoms. The Bertz CT molecular complexity index is 637. The molecule has 2 N–H and O–H groups in total. The van der Waals surface area contributed by atoms with Crippen molar-refractivity contribution in [2.24, 2.45) is 0 Å². The Balaban J connectivity index is 2.24. The van der Waals surface area contributed by atoms with E-state index in [0.29, 0.717) is 11.4 Å². The van der Waals surface area contributed by atoms with Crippen molar-refractivity contribution < 1.29 is 12.9 Å². The predicted octanol–water partition coefficient (Wildman–Crippen LogP) is 2.35. The molecule has 1 heterocycles. The third kappa shape index (κ3) is 2.74. The fraction of sp³-hybridized carbons (Fsp3) is 0.100. The van der Waals surface area contributed by atoms with Gasteiger partial charge in [-0.1, -0.05) is 5.16 Å². The quantitative estimate of drug-likeness (QED) is 0.843. The van der Waals surface area contributed by atoms with Crippen LogP contribution in [0.4, 0.5) is 11.5 Å². The van der Waals surface area contributed by atoms with Crippen molar-refractivity contribution in [2.75, 3.05) is 9.56 Å². The summed E-state index contributed by atoms with van der Waals surface area (Å²) in [5.74, 6) is 0.668. The highest BCUT2D eigenvalue weighted by Gasteiger charge is 2.15. The molecule has 0 aliphatic carbocycles. The van der Waals surface area contributed by atoms with Crippen LogP contribution in [0.5, 0.6) is 0 Å². The molecule has 0 aliphatic rings. The first kappa shape index (κ1) is 12.7. The van der Waals surface area contributed by atoms with E-state index in [4.69, 9.17) is 16.3 Å². The molecule has 0 saturated heterocycles. The predicted molar refractivity (Wildman–Crippen MR) is 68.0 cm³/mol. The van der Waals surface area contributed by atoms with Gasteiger partial charge in [0.25, 0.3) is 10.0 Å². The molecule has 2 aromatic rings. The van der Waals surface area contributed by atoms with Crippen LogP contribution in [-0.4, -0.2) is 13.6 Å². The lowest BCUT2D eigenvalue weighted by atomic mass is 10.3. The molecule has 0 saturated carbocycles. The van der Waals surface area contributed by atoms with Gasteiger partial charge in [-0.05, 0) is 31.2 Å². The summed E-state index contributed by atoms with van der Waals surface area (Å²) in [7, 11) is -3.67. The molecular weight excluding hydrogens is 278 g/mol. The van der Waals surface area contributed by atoms with Crippen molar-refractivity contribution >= 4 is 33.3 Å². The maximum atomic E-state index is 12.0. The fourth-order valence-corrected chi connectivity index (χ4v) is 2.42. The van der Waals surface area contributed by atoms with Gasteiger partial charge < -0.3 is 4.52 Å². The van der Waals surface area contributed by atoms with Gasteiger partial charge in [0.1, 0.15) is 5.76 Å². The average molecular weight is 288 g/mol. The Morgan fingerprint density at radius 1 is 1.28 bits per heavy atom. The summed E-state index contributed by atoms with van der Waals surface area (Å²) < 4.78 is 31.0. The number of nitrogens with zero attached hydrogens (tertiary/aromatic N) is 1. The first-order valence-electron chi connectivity index (χ1n) is 4.94. The van der Waals surface area contributed by atoms with Crippen LogP contribution in [0, 0.1) is 6.92 Å². The number of hydrogen-bond acceptors (Lipinski definition) is 5. The van der Waals surface area contributed by atoms with Gasteiger partial charge >= 0.3 is 0 Å². The zero-order chi connectivity index (χ0) is 13.2. The maximum absolute atomic E-state index is 12.0. The number of aromatic nitrogens is 1. The van der Waals surface area contributed by atoms with Gasteiger partial charge in [0.2, 0.25) is 0 Å². The lowest BCUT2D eigenvalue weighted by Crippen LogP contribution is -2.13. The van der Waals surface area contributed by atoms with Gasteiger partial charge in [-0.15, -0.1) is 0 Å². The first-order valence-corrected chi connectivity index (χ1v) is 6.80. The lowest BCUT2D eigenvalue weighted by Gasteiger charge is -2.05. The van der Waals surface area contributed by atoms with Gasteiger partial charge in [0.15, 0.2) is 5.82 Å². The molecule has 0 fully saturated rings. The standard InChI is InChI=1S/C10H10ClN3O3S/c1-7-6-10(13-17-7)14-18(15,16)9-4-2-8(12-11)3-5-9/h2-6,12H,1H3,(H,13,14). The normalized spacial score (nSPS) is 11.2. The summed E-state index contributed by atoms with van der Waals surface area (Å²) in [5.41, 5.74) is 0.605. The molecule has 0 atom stereocenters. The van der Waals surface area contributed by atoms with Crippen molar-refractivity contribution in [3.63, 3.8) is 0 Å². The minimum Gasteiger partial charge on any atom is -0.360 e. The molecule has 0 radical (unpaired) electrons. The Kier molecular flexibility index (Phi) is 3.44. The maximum Gasteiger partial charge on any atom is 0.263 e. The fourth-order valence-electron chi connectivity index (χ4n) is 1.31. The SMILES string of the molecule is Cc1cc(NS(=O)(=O)c2ccc(NCl)cc2)no1. The molecule has 8 heteroatoms. The molecule has 0 aliphatic heterocycles. The topological polar surface area (TPSA) is 84.2 Å². The van der Waals surface area contributed by atoms with Crippen LogP contribution < -0.4 is 9.56 Å². The van der Waals surface area contributed by atoms with Gasteiger partial charge in [-0.2, -0.15) is 0 Å². The molecule has 0 spiro atoms. The summed E-state index contributed by atoms with van der Waals surface area (Å²) >= 11 is 5.39. The van der Waals surface area contributed by atoms with Crippen LogP contribution in [0.3, 0.4) is 0 Å². The van der Waals surface area contributed by atoms with Crippen molar-refractivity contribution in [2.45, 2.75) is 11.8 Å². The molecule has 2 rings (SSSR count). The van der Waals surface area contributed by atoms with Crippen LogP contribution in [0.15, 0.2) is 39.8 Å². The minimum absolute atomic E-state index is 0.110. The summed E-state index contributed by atoms with van der Waals surface area (Å²) in [6, 6.07) is 7.46. The van der Waals surface area contributed by atoms with E-state index < -0.39 is 10.0 Å². The van der Waals surface area contributed by atoms with Gasteiger partial charge in [0, 0.05) is 23.5 Å². The first-order chi connectivity index (χ1) is 8.51. The molecule has 0 amide bonds. The van der Waals surface area contributed by atoms with E-state index in [0.717, 1.165) is 0 Å². The highest BCUT2D eigenvalue weighted by atomic mass is 35.5. The van der Waals surface area contributed by atoms with E-state index in [9.17, 15) is 8.42 Å². The van der Waals surface area contributed by atoms with Crippen LogP contribution in [0.2, 0.25) is 0 Å². The van der Waals surface area contributed by atoms with Gasteiger partial charge in [-0.25, -0.2) is 8.42 Å². The minimum atomic E-state index is -3.67. The van der Waals surface area contributed by atoms with E-state index in [1.54, 1.807) is 19.1 Å². The lowest BCUT2D eigenvalue weighted by molar-refractivity contribution is 0.400. The second-order valence-electron chi connectivity index (χ2n) is 3.55. The Hall–Kier alpha value is -1.73. The average Bonchev–Trinajstić information content (AvgIpc) is 2.74. The second-order valence-corrected chi connectivity index (χ2v) is 5.42. The number of sulfonamides is 1. The summed E-state index contributed by atoms with van der Waals surface area (Å²) in [6.07, 6.45) is 0. The molecular formula is C10H10ClN3O3S. The van der Waals surface area contributed by atoms with Crippen molar-refractivity contribution in [1.29, 1.82) is 0 Å². The smallest absolute Gasteiger partial charge is 0.263 e. The van der Waals surface area contributed by atoms with Crippen LogP contribution in [-0.2, 0) is 10.0 Å². The zero-order valence-electron chi connectivity index (χ0n) is 9.34. The van der Waals surface area contributed by atoms with Crippen LogP contribution >= 0.6 is 11.8 Å². The van der Waals surface area contributed by atoms with Crippen molar-refractivity contribution in [1.82, 2.24) is 5.16 Å². The van der Waals surface area contributed by atoms with Crippen molar-refractivity contribution in [3.8, 4) is 0 Å². The van der Waals surface area contributed by atoms with E-state index in [1.165, 1.54) is 18.2 Å². The largest absolute Gasteiger partial charge is 0.360 e. The Morgan fingerprint density at radius 3 is 2.44 bits per heavy atom. The molecule has 1 aromatic carbocycles.